The lowest BCUT2D eigenvalue weighted by atomic mass is 9.97. The Morgan fingerprint density at radius 3 is 2.70 bits per heavy atom. The number of nitrogens with zero attached hydrogens (tertiary/aromatic N) is 3. The predicted octanol–water partition coefficient (Wildman–Crippen LogP) is 1.73. The zero-order chi connectivity index (χ0) is 16.4. The number of carboxylic acids is 1. The molecule has 0 saturated carbocycles. The Bertz CT molecular complexity index is 727. The third-order valence-electron chi connectivity index (χ3n) is 4.07. The molecule has 0 unspecified atom stereocenters. The molecule has 0 radical (unpaired) electrons. The summed E-state index contributed by atoms with van der Waals surface area (Å²) in [6.45, 7) is 1.17. The molecule has 7 nitrogen and oxygen atoms in total. The minimum absolute atomic E-state index is 0.157. The number of hydrogen-bond donors (Lipinski definition) is 3. The molecule has 4 N–H and O–H groups in total. The first-order valence-corrected chi connectivity index (χ1v) is 7.44. The molecule has 0 atom stereocenters. The van der Waals surface area contributed by atoms with Crippen LogP contribution in [0.4, 0.5) is 11.6 Å². The first kappa shape index (κ1) is 15.1. The number of hydrogen-bond acceptors (Lipinski definition) is 6. The van der Waals surface area contributed by atoms with Crippen molar-refractivity contribution in [1.82, 2.24) is 9.97 Å². The normalized spacial score (nSPS) is 15.6. The van der Waals surface area contributed by atoms with Gasteiger partial charge in [0.25, 0.3) is 0 Å². The number of anilines is 2. The van der Waals surface area contributed by atoms with Crippen molar-refractivity contribution < 1.29 is 15.0 Å². The number of aliphatic carboxylic acids is 1. The zero-order valence-electron chi connectivity index (χ0n) is 12.5. The summed E-state index contributed by atoms with van der Waals surface area (Å²) in [6.07, 6.45) is 2.69. The van der Waals surface area contributed by atoms with E-state index >= 15 is 0 Å². The van der Waals surface area contributed by atoms with Gasteiger partial charge >= 0.3 is 5.97 Å². The van der Waals surface area contributed by atoms with Crippen molar-refractivity contribution in [1.29, 1.82) is 0 Å². The number of carboxylic acid groups (broad SMARTS) is 1. The van der Waals surface area contributed by atoms with E-state index in [0.717, 1.165) is 5.56 Å². The average molecular weight is 314 g/mol. The van der Waals surface area contributed by atoms with Crippen LogP contribution in [0.2, 0.25) is 0 Å². The van der Waals surface area contributed by atoms with E-state index in [-0.39, 0.29) is 11.7 Å². The Balaban J connectivity index is 1.86. The highest BCUT2D eigenvalue weighted by Crippen LogP contribution is 2.28. The molecule has 23 heavy (non-hydrogen) atoms. The number of phenols is 1. The standard InChI is InChI=1S/C16H18N4O3/c17-14-15(20-6-4-10(5-7-20)16(22)23)19-13(9-18-14)11-2-1-3-12(21)8-11/h1-3,8-10,21H,4-7H2,(H2,17,18)(H,22,23). The molecule has 7 heteroatoms. The predicted molar refractivity (Wildman–Crippen MR) is 86.1 cm³/mol. The minimum Gasteiger partial charge on any atom is -0.508 e. The van der Waals surface area contributed by atoms with Crippen molar-refractivity contribution in [3.63, 3.8) is 0 Å². The van der Waals surface area contributed by atoms with Crippen LogP contribution in [0, 0.1) is 5.92 Å². The van der Waals surface area contributed by atoms with Crippen LogP contribution in [0.25, 0.3) is 11.3 Å². The molecule has 120 valence electrons. The number of benzene rings is 1. The third-order valence-corrected chi connectivity index (χ3v) is 4.07. The number of rotatable bonds is 3. The van der Waals surface area contributed by atoms with Crippen molar-refractivity contribution in [3.8, 4) is 17.0 Å². The highest BCUT2D eigenvalue weighted by molar-refractivity contribution is 5.71. The average Bonchev–Trinajstić information content (AvgIpc) is 2.55. The number of piperidine rings is 1. The highest BCUT2D eigenvalue weighted by atomic mass is 16.4. The summed E-state index contributed by atoms with van der Waals surface area (Å²) in [5.41, 5.74) is 7.31. The summed E-state index contributed by atoms with van der Waals surface area (Å²) in [5.74, 6) is -0.0192. The van der Waals surface area contributed by atoms with E-state index in [1.165, 1.54) is 0 Å². The van der Waals surface area contributed by atoms with Crippen LogP contribution in [0.1, 0.15) is 12.8 Å². The molecule has 1 aromatic carbocycles. The first-order valence-electron chi connectivity index (χ1n) is 7.44. The van der Waals surface area contributed by atoms with Gasteiger partial charge in [-0.05, 0) is 25.0 Å². The van der Waals surface area contributed by atoms with Gasteiger partial charge in [-0.25, -0.2) is 9.97 Å². The van der Waals surface area contributed by atoms with Gasteiger partial charge in [0, 0.05) is 18.7 Å². The van der Waals surface area contributed by atoms with Crippen LogP contribution in [0.5, 0.6) is 5.75 Å². The lowest BCUT2D eigenvalue weighted by Gasteiger charge is -2.31. The molecule has 0 aliphatic carbocycles. The number of nitrogen functional groups attached to an aromatic ring is 1. The van der Waals surface area contributed by atoms with E-state index in [9.17, 15) is 9.90 Å². The van der Waals surface area contributed by atoms with Gasteiger partial charge in [-0.15, -0.1) is 0 Å². The molecular formula is C16H18N4O3. The highest BCUT2D eigenvalue weighted by Gasteiger charge is 2.26. The number of aromatic hydroxyl groups is 1. The molecular weight excluding hydrogens is 296 g/mol. The van der Waals surface area contributed by atoms with E-state index in [1.54, 1.807) is 24.4 Å². The second-order valence-corrected chi connectivity index (χ2v) is 5.61. The van der Waals surface area contributed by atoms with E-state index in [2.05, 4.69) is 9.97 Å². The van der Waals surface area contributed by atoms with E-state index in [1.807, 2.05) is 11.0 Å². The smallest absolute Gasteiger partial charge is 0.306 e. The summed E-state index contributed by atoms with van der Waals surface area (Å²) in [7, 11) is 0. The molecule has 3 rings (SSSR count). The Hall–Kier alpha value is -2.83. The topological polar surface area (TPSA) is 113 Å². The summed E-state index contributed by atoms with van der Waals surface area (Å²) in [5, 5.41) is 18.7. The van der Waals surface area contributed by atoms with Gasteiger partial charge in [0.1, 0.15) is 5.75 Å². The molecule has 0 spiro atoms. The molecule has 1 aliphatic rings. The van der Waals surface area contributed by atoms with Gasteiger partial charge in [-0.2, -0.15) is 0 Å². The lowest BCUT2D eigenvalue weighted by Crippen LogP contribution is -2.37. The first-order chi connectivity index (χ1) is 11.0. The molecule has 1 aliphatic heterocycles. The lowest BCUT2D eigenvalue weighted by molar-refractivity contribution is -0.142. The van der Waals surface area contributed by atoms with Crippen LogP contribution in [0.15, 0.2) is 30.5 Å². The fraction of sp³-hybridized carbons (Fsp3) is 0.312. The Labute approximate surface area is 133 Å². The zero-order valence-corrected chi connectivity index (χ0v) is 12.5. The van der Waals surface area contributed by atoms with Gasteiger partial charge in [0.15, 0.2) is 11.6 Å². The van der Waals surface area contributed by atoms with Crippen LogP contribution < -0.4 is 10.6 Å². The van der Waals surface area contributed by atoms with Crippen LogP contribution in [-0.4, -0.2) is 39.2 Å². The maximum Gasteiger partial charge on any atom is 0.306 e. The van der Waals surface area contributed by atoms with Crippen molar-refractivity contribution >= 4 is 17.6 Å². The Kier molecular flexibility index (Phi) is 4.01. The molecule has 0 bridgehead atoms. The number of aromatic nitrogens is 2. The molecule has 1 saturated heterocycles. The second-order valence-electron chi connectivity index (χ2n) is 5.61. The molecule has 2 heterocycles. The summed E-state index contributed by atoms with van der Waals surface area (Å²) >= 11 is 0. The molecule has 1 fully saturated rings. The van der Waals surface area contributed by atoms with Gasteiger partial charge in [-0.3, -0.25) is 4.79 Å². The summed E-state index contributed by atoms with van der Waals surface area (Å²) in [6, 6.07) is 6.77. The number of phenolic OH excluding ortho intramolecular Hbond substituents is 1. The van der Waals surface area contributed by atoms with Crippen LogP contribution >= 0.6 is 0 Å². The fourth-order valence-corrected chi connectivity index (χ4v) is 2.76. The largest absolute Gasteiger partial charge is 0.508 e. The molecule has 1 aromatic heterocycles. The maximum absolute atomic E-state index is 11.0. The Morgan fingerprint density at radius 1 is 1.30 bits per heavy atom. The SMILES string of the molecule is Nc1ncc(-c2cccc(O)c2)nc1N1CCC(C(=O)O)CC1. The molecule has 2 aromatic rings. The van der Waals surface area contributed by atoms with Crippen LogP contribution in [0.3, 0.4) is 0 Å². The van der Waals surface area contributed by atoms with Crippen molar-refractivity contribution in [2.24, 2.45) is 5.92 Å². The van der Waals surface area contributed by atoms with E-state index in [4.69, 9.17) is 10.8 Å². The van der Waals surface area contributed by atoms with Gasteiger partial charge in [-0.1, -0.05) is 12.1 Å². The fourth-order valence-electron chi connectivity index (χ4n) is 2.76. The van der Waals surface area contributed by atoms with Gasteiger partial charge < -0.3 is 20.8 Å². The van der Waals surface area contributed by atoms with Crippen molar-refractivity contribution in [2.75, 3.05) is 23.7 Å². The Morgan fingerprint density at radius 2 is 2.04 bits per heavy atom. The summed E-state index contributed by atoms with van der Waals surface area (Å²) < 4.78 is 0. The number of carbonyl (C=O) groups is 1. The van der Waals surface area contributed by atoms with Crippen molar-refractivity contribution in [2.45, 2.75) is 12.8 Å². The molecule has 0 amide bonds. The quantitative estimate of drug-likeness (QED) is 0.790. The summed E-state index contributed by atoms with van der Waals surface area (Å²) in [4.78, 5) is 21.8. The van der Waals surface area contributed by atoms with E-state index in [0.29, 0.717) is 43.3 Å². The van der Waals surface area contributed by atoms with Gasteiger partial charge in [0.2, 0.25) is 0 Å². The van der Waals surface area contributed by atoms with Crippen molar-refractivity contribution in [3.05, 3.63) is 30.5 Å². The maximum atomic E-state index is 11.0. The van der Waals surface area contributed by atoms with E-state index < -0.39 is 5.97 Å². The monoisotopic (exact) mass is 314 g/mol. The van der Waals surface area contributed by atoms with Crippen LogP contribution in [-0.2, 0) is 4.79 Å². The minimum atomic E-state index is -0.753. The third kappa shape index (κ3) is 3.18. The van der Waals surface area contributed by atoms with Gasteiger partial charge in [0.05, 0.1) is 17.8 Å². The number of nitrogens with two attached hydrogens (primary N) is 1. The second kappa shape index (κ2) is 6.12.